The summed E-state index contributed by atoms with van der Waals surface area (Å²) in [6.45, 7) is 4.57. The number of piperidine rings is 1. The van der Waals surface area contributed by atoms with Crippen LogP contribution in [0.3, 0.4) is 0 Å². The van der Waals surface area contributed by atoms with Crippen molar-refractivity contribution < 1.29 is 4.79 Å². The molecule has 1 fully saturated rings. The van der Waals surface area contributed by atoms with E-state index in [1.807, 2.05) is 37.4 Å². The Labute approximate surface area is 130 Å². The zero-order valence-corrected chi connectivity index (χ0v) is 12.9. The summed E-state index contributed by atoms with van der Waals surface area (Å²) in [6.07, 6.45) is 3.97. The van der Waals surface area contributed by atoms with E-state index in [4.69, 9.17) is 5.73 Å². The number of hydrogen-bond acceptors (Lipinski definition) is 3. The molecular formula is C17H22N4O. The average molecular weight is 298 g/mol. The third-order valence-electron chi connectivity index (χ3n) is 4.25. The molecule has 1 aliphatic heterocycles. The van der Waals surface area contributed by atoms with Gasteiger partial charge in [-0.25, -0.2) is 4.98 Å². The van der Waals surface area contributed by atoms with E-state index in [1.165, 1.54) is 5.69 Å². The molecule has 1 amide bonds. The molecular weight excluding hydrogens is 276 g/mol. The lowest BCUT2D eigenvalue weighted by molar-refractivity contribution is -0.123. The van der Waals surface area contributed by atoms with E-state index < -0.39 is 0 Å². The minimum Gasteiger partial charge on any atom is -0.369 e. The maximum atomic E-state index is 11.4. The van der Waals surface area contributed by atoms with Gasteiger partial charge in [0.25, 0.3) is 0 Å². The number of hydrogen-bond donors (Lipinski definition) is 1. The molecule has 0 saturated carbocycles. The molecule has 3 rings (SSSR count). The lowest BCUT2D eigenvalue weighted by Crippen LogP contribution is -2.40. The zero-order chi connectivity index (χ0) is 15.5. The predicted molar refractivity (Wildman–Crippen MR) is 85.5 cm³/mol. The van der Waals surface area contributed by atoms with Crippen LogP contribution >= 0.6 is 0 Å². The molecule has 2 aromatic heterocycles. The Bertz CT molecular complexity index is 664. The smallest absolute Gasteiger partial charge is 0.221 e. The SMILES string of the molecule is Cc1cccc(-n2cccc2CN2CCCC(C(N)=O)C2)n1. The molecule has 1 unspecified atom stereocenters. The molecule has 0 aromatic carbocycles. The van der Waals surface area contributed by atoms with Crippen molar-refractivity contribution in [3.63, 3.8) is 0 Å². The highest BCUT2D eigenvalue weighted by Crippen LogP contribution is 2.20. The number of amides is 1. The fraction of sp³-hybridized carbons (Fsp3) is 0.412. The van der Waals surface area contributed by atoms with Gasteiger partial charge in [0.15, 0.2) is 0 Å². The van der Waals surface area contributed by atoms with Crippen molar-refractivity contribution in [2.24, 2.45) is 11.7 Å². The third kappa shape index (κ3) is 3.20. The standard InChI is InChI=1S/C17H22N4O/c1-13-5-2-8-16(19-13)21-10-4-7-15(21)12-20-9-3-6-14(11-20)17(18)22/h2,4-5,7-8,10,14H,3,6,9,11-12H2,1H3,(H2,18,22). The van der Waals surface area contributed by atoms with Gasteiger partial charge in [-0.1, -0.05) is 6.07 Å². The van der Waals surface area contributed by atoms with E-state index >= 15 is 0 Å². The van der Waals surface area contributed by atoms with Crippen LogP contribution in [0.1, 0.15) is 24.2 Å². The first-order chi connectivity index (χ1) is 10.6. The summed E-state index contributed by atoms with van der Waals surface area (Å²) in [7, 11) is 0. The van der Waals surface area contributed by atoms with Crippen LogP contribution in [0.15, 0.2) is 36.5 Å². The molecule has 0 spiro atoms. The van der Waals surface area contributed by atoms with Crippen molar-refractivity contribution in [2.75, 3.05) is 13.1 Å². The number of nitrogens with two attached hydrogens (primary N) is 1. The van der Waals surface area contributed by atoms with E-state index in [1.54, 1.807) is 0 Å². The van der Waals surface area contributed by atoms with Crippen LogP contribution in [0.5, 0.6) is 0 Å². The topological polar surface area (TPSA) is 64.2 Å². The normalized spacial score (nSPS) is 19.2. The van der Waals surface area contributed by atoms with Crippen molar-refractivity contribution in [2.45, 2.75) is 26.3 Å². The van der Waals surface area contributed by atoms with Crippen molar-refractivity contribution in [1.29, 1.82) is 0 Å². The van der Waals surface area contributed by atoms with Crippen LogP contribution in [0.2, 0.25) is 0 Å². The zero-order valence-electron chi connectivity index (χ0n) is 12.9. The largest absolute Gasteiger partial charge is 0.369 e. The van der Waals surface area contributed by atoms with Crippen LogP contribution in [0, 0.1) is 12.8 Å². The highest BCUT2D eigenvalue weighted by molar-refractivity contribution is 5.76. The molecule has 2 N–H and O–H groups in total. The molecule has 5 nitrogen and oxygen atoms in total. The summed E-state index contributed by atoms with van der Waals surface area (Å²) in [5, 5.41) is 0. The van der Waals surface area contributed by atoms with Crippen LogP contribution in [-0.4, -0.2) is 33.4 Å². The molecule has 3 heterocycles. The van der Waals surface area contributed by atoms with Crippen LogP contribution in [-0.2, 0) is 11.3 Å². The predicted octanol–water partition coefficient (Wildman–Crippen LogP) is 1.88. The summed E-state index contributed by atoms with van der Waals surface area (Å²) in [4.78, 5) is 18.3. The summed E-state index contributed by atoms with van der Waals surface area (Å²) in [5.41, 5.74) is 7.65. The Hall–Kier alpha value is -2.14. The Morgan fingerprint density at radius 3 is 3.00 bits per heavy atom. The van der Waals surface area contributed by atoms with Gasteiger partial charge in [-0.3, -0.25) is 9.69 Å². The third-order valence-corrected chi connectivity index (χ3v) is 4.25. The number of aryl methyl sites for hydroxylation is 1. The maximum absolute atomic E-state index is 11.4. The monoisotopic (exact) mass is 298 g/mol. The molecule has 116 valence electrons. The fourth-order valence-electron chi connectivity index (χ4n) is 3.09. The number of nitrogens with zero attached hydrogens (tertiary/aromatic N) is 3. The summed E-state index contributed by atoms with van der Waals surface area (Å²) >= 11 is 0. The summed E-state index contributed by atoms with van der Waals surface area (Å²) in [5.74, 6) is 0.734. The minimum atomic E-state index is -0.180. The van der Waals surface area contributed by atoms with Crippen molar-refractivity contribution in [1.82, 2.24) is 14.5 Å². The van der Waals surface area contributed by atoms with E-state index in [0.717, 1.165) is 44.0 Å². The van der Waals surface area contributed by atoms with E-state index in [-0.39, 0.29) is 11.8 Å². The number of rotatable bonds is 4. The van der Waals surface area contributed by atoms with Crippen LogP contribution in [0.25, 0.3) is 5.82 Å². The van der Waals surface area contributed by atoms with E-state index in [2.05, 4.69) is 20.5 Å². The number of aromatic nitrogens is 2. The number of pyridine rings is 1. The molecule has 0 aliphatic carbocycles. The van der Waals surface area contributed by atoms with Gasteiger partial charge in [-0.2, -0.15) is 0 Å². The second kappa shape index (κ2) is 6.32. The number of primary amides is 1. The van der Waals surface area contributed by atoms with Gasteiger partial charge < -0.3 is 10.3 Å². The van der Waals surface area contributed by atoms with Gasteiger partial charge >= 0.3 is 0 Å². The lowest BCUT2D eigenvalue weighted by atomic mass is 9.97. The second-order valence-electron chi connectivity index (χ2n) is 5.98. The van der Waals surface area contributed by atoms with Crippen LogP contribution in [0.4, 0.5) is 0 Å². The van der Waals surface area contributed by atoms with Gasteiger partial charge in [-0.15, -0.1) is 0 Å². The molecule has 1 atom stereocenters. The number of carbonyl (C=O) groups excluding carboxylic acids is 1. The first-order valence-electron chi connectivity index (χ1n) is 7.75. The Kier molecular flexibility index (Phi) is 4.24. The fourth-order valence-corrected chi connectivity index (χ4v) is 3.09. The minimum absolute atomic E-state index is 0.0192. The number of likely N-dealkylation sites (tertiary alicyclic amines) is 1. The molecule has 0 bridgehead atoms. The molecule has 5 heteroatoms. The van der Waals surface area contributed by atoms with Crippen molar-refractivity contribution in [3.05, 3.63) is 47.9 Å². The van der Waals surface area contributed by atoms with Gasteiger partial charge in [0.1, 0.15) is 5.82 Å². The quantitative estimate of drug-likeness (QED) is 0.937. The van der Waals surface area contributed by atoms with Crippen LogP contribution < -0.4 is 5.73 Å². The second-order valence-corrected chi connectivity index (χ2v) is 5.98. The maximum Gasteiger partial charge on any atom is 0.221 e. The average Bonchev–Trinajstić information content (AvgIpc) is 2.95. The highest BCUT2D eigenvalue weighted by Gasteiger charge is 2.24. The molecule has 22 heavy (non-hydrogen) atoms. The van der Waals surface area contributed by atoms with E-state index in [9.17, 15) is 4.79 Å². The molecule has 2 aromatic rings. The summed E-state index contributed by atoms with van der Waals surface area (Å²) in [6, 6.07) is 10.2. The first kappa shape index (κ1) is 14.8. The molecule has 1 saturated heterocycles. The number of carbonyl (C=O) groups is 1. The first-order valence-corrected chi connectivity index (χ1v) is 7.75. The highest BCUT2D eigenvalue weighted by atomic mass is 16.1. The Morgan fingerprint density at radius 2 is 2.23 bits per heavy atom. The molecule has 1 aliphatic rings. The summed E-state index contributed by atoms with van der Waals surface area (Å²) < 4.78 is 2.11. The Balaban J connectivity index is 1.76. The lowest BCUT2D eigenvalue weighted by Gasteiger charge is -2.31. The Morgan fingerprint density at radius 1 is 1.36 bits per heavy atom. The van der Waals surface area contributed by atoms with Crippen molar-refractivity contribution >= 4 is 5.91 Å². The van der Waals surface area contributed by atoms with Gasteiger partial charge in [0.2, 0.25) is 5.91 Å². The van der Waals surface area contributed by atoms with Crippen molar-refractivity contribution in [3.8, 4) is 5.82 Å². The van der Waals surface area contributed by atoms with Gasteiger partial charge in [0.05, 0.1) is 5.92 Å². The van der Waals surface area contributed by atoms with Gasteiger partial charge in [-0.05, 0) is 50.6 Å². The van der Waals surface area contributed by atoms with Gasteiger partial charge in [0, 0.05) is 30.7 Å². The van der Waals surface area contributed by atoms with E-state index in [0.29, 0.717) is 0 Å². The molecule has 0 radical (unpaired) electrons.